The molecule has 1 aromatic heterocycles. The van der Waals surface area contributed by atoms with Crippen molar-refractivity contribution in [3.8, 4) is 5.69 Å². The van der Waals surface area contributed by atoms with Gasteiger partial charge in [-0.15, -0.1) is 0 Å². The van der Waals surface area contributed by atoms with Crippen molar-refractivity contribution in [3.63, 3.8) is 0 Å². The lowest BCUT2D eigenvalue weighted by Gasteiger charge is -2.34. The predicted molar refractivity (Wildman–Crippen MR) is 108 cm³/mol. The maximum atomic E-state index is 13.3. The van der Waals surface area contributed by atoms with Gasteiger partial charge in [-0.3, -0.25) is 19.7 Å². The average molecular weight is 399 g/mol. The van der Waals surface area contributed by atoms with Gasteiger partial charge in [0, 0.05) is 30.4 Å². The third-order valence-electron chi connectivity index (χ3n) is 5.09. The van der Waals surface area contributed by atoms with Gasteiger partial charge in [-0.2, -0.15) is 5.10 Å². The van der Waals surface area contributed by atoms with Crippen LogP contribution in [-0.2, 0) is 0 Å². The summed E-state index contributed by atoms with van der Waals surface area (Å²) in [4.78, 5) is 38.5. The molecule has 1 amide bonds. The maximum Gasteiger partial charge on any atom is 0.294 e. The third kappa shape index (κ3) is 4.34. The molecule has 0 unspecified atom stereocenters. The van der Waals surface area contributed by atoms with Gasteiger partial charge in [0.1, 0.15) is 5.69 Å². The van der Waals surface area contributed by atoms with E-state index in [2.05, 4.69) is 10.4 Å². The number of hydrogen-bond donors (Lipinski definition) is 1. The molecule has 9 nitrogen and oxygen atoms in total. The van der Waals surface area contributed by atoms with Crippen LogP contribution in [0.25, 0.3) is 5.69 Å². The zero-order chi connectivity index (χ0) is 21.0. The number of amides is 1. The molecule has 1 N–H and O–H groups in total. The predicted octanol–water partition coefficient (Wildman–Crippen LogP) is 2.05. The number of nitrogens with one attached hydrogen (secondary N) is 1. The Bertz CT molecular complexity index is 966. The van der Waals surface area contributed by atoms with E-state index in [1.807, 2.05) is 6.92 Å². The maximum absolute atomic E-state index is 13.3. The first-order valence-corrected chi connectivity index (χ1v) is 9.80. The van der Waals surface area contributed by atoms with Crippen molar-refractivity contribution in [3.05, 3.63) is 62.1 Å². The van der Waals surface area contributed by atoms with E-state index in [-0.39, 0.29) is 23.1 Å². The smallest absolute Gasteiger partial charge is 0.294 e. The summed E-state index contributed by atoms with van der Waals surface area (Å²) in [6.07, 6.45) is 2.39. The molecule has 1 saturated heterocycles. The summed E-state index contributed by atoms with van der Waals surface area (Å²) in [5.74, 6) is -0.420. The van der Waals surface area contributed by atoms with Gasteiger partial charge in [0.25, 0.3) is 11.6 Å². The lowest BCUT2D eigenvalue weighted by atomic mass is 10.0. The van der Waals surface area contributed by atoms with E-state index in [1.165, 1.54) is 16.8 Å². The Kier molecular flexibility index (Phi) is 6.38. The molecule has 0 bridgehead atoms. The van der Waals surface area contributed by atoms with Gasteiger partial charge >= 0.3 is 0 Å². The molecule has 1 aromatic carbocycles. The minimum absolute atomic E-state index is 0.0470. The topological polar surface area (TPSA) is 110 Å². The van der Waals surface area contributed by atoms with Crippen molar-refractivity contribution in [2.75, 3.05) is 19.6 Å². The van der Waals surface area contributed by atoms with Crippen LogP contribution < -0.4 is 10.7 Å². The minimum Gasteiger partial charge on any atom is -0.334 e. The van der Waals surface area contributed by atoms with Crippen molar-refractivity contribution < 1.29 is 9.72 Å². The molecule has 3 rings (SSSR count). The second-order valence-electron chi connectivity index (χ2n) is 7.14. The number of aromatic nitrogens is 2. The third-order valence-corrected chi connectivity index (χ3v) is 5.09. The summed E-state index contributed by atoms with van der Waals surface area (Å²) >= 11 is 0. The molecule has 9 heteroatoms. The molecule has 1 fully saturated rings. The number of rotatable bonds is 6. The zero-order valence-electron chi connectivity index (χ0n) is 16.6. The van der Waals surface area contributed by atoms with Gasteiger partial charge in [0.2, 0.25) is 5.43 Å². The summed E-state index contributed by atoms with van der Waals surface area (Å²) in [7, 11) is 0. The number of benzene rings is 1. The summed E-state index contributed by atoms with van der Waals surface area (Å²) < 4.78 is 1.30. The average Bonchev–Trinajstić information content (AvgIpc) is 2.72. The molecule has 0 spiro atoms. The molecule has 0 aliphatic carbocycles. The second-order valence-corrected chi connectivity index (χ2v) is 7.14. The molecule has 2 aromatic rings. The molecule has 0 saturated carbocycles. The number of aryl methyl sites for hydroxylation is 1. The Hall–Kier alpha value is -3.07. The Morgan fingerprint density at radius 1 is 1.34 bits per heavy atom. The fraction of sp³-hybridized carbons (Fsp3) is 0.450. The quantitative estimate of drug-likeness (QED) is 0.588. The highest BCUT2D eigenvalue weighted by molar-refractivity contribution is 5.92. The first kappa shape index (κ1) is 20.7. The van der Waals surface area contributed by atoms with Crippen molar-refractivity contribution in [2.24, 2.45) is 0 Å². The largest absolute Gasteiger partial charge is 0.334 e. The highest BCUT2D eigenvalue weighted by atomic mass is 16.6. The van der Waals surface area contributed by atoms with Crippen molar-refractivity contribution in [1.82, 2.24) is 20.0 Å². The fourth-order valence-corrected chi connectivity index (χ4v) is 3.68. The van der Waals surface area contributed by atoms with E-state index in [1.54, 1.807) is 30.0 Å². The molecular formula is C20H25N5O4. The molecule has 1 aliphatic rings. The zero-order valence-corrected chi connectivity index (χ0v) is 16.6. The van der Waals surface area contributed by atoms with E-state index in [0.717, 1.165) is 32.4 Å². The number of nitro groups is 1. The highest BCUT2D eigenvalue weighted by Crippen LogP contribution is 2.22. The highest BCUT2D eigenvalue weighted by Gasteiger charge is 2.29. The van der Waals surface area contributed by atoms with Gasteiger partial charge < -0.3 is 10.2 Å². The van der Waals surface area contributed by atoms with Crippen molar-refractivity contribution >= 4 is 11.6 Å². The van der Waals surface area contributed by atoms with Crippen LogP contribution in [0.4, 0.5) is 5.69 Å². The molecule has 154 valence electrons. The number of nitro benzene ring substituents is 1. The summed E-state index contributed by atoms with van der Waals surface area (Å²) in [5, 5.41) is 19.0. The normalized spacial score (nSPS) is 14.6. The summed E-state index contributed by atoms with van der Waals surface area (Å²) in [6, 6.07) is 7.49. The van der Waals surface area contributed by atoms with Crippen LogP contribution in [0.3, 0.4) is 0 Å². The Balaban J connectivity index is 2.06. The number of carbonyl (C=O) groups excluding carboxylic acids is 1. The van der Waals surface area contributed by atoms with Gasteiger partial charge in [-0.1, -0.05) is 19.1 Å². The molecule has 0 atom stereocenters. The second kappa shape index (κ2) is 8.95. The standard InChI is InChI=1S/C20H25N5O4/c1-3-12-23(15-8-10-21-11-9-15)20(27)19-18(26)13-14(2)24(22-19)16-6-4-5-7-17(16)25(28)29/h4-7,13,15,21H,3,8-12H2,1-2H3. The number of nitrogens with zero attached hydrogens (tertiary/aromatic N) is 4. The van der Waals surface area contributed by atoms with Crippen LogP contribution in [0.2, 0.25) is 0 Å². The summed E-state index contributed by atoms with van der Waals surface area (Å²) in [6.45, 7) is 5.79. The number of hydrogen-bond acceptors (Lipinski definition) is 6. The molecular weight excluding hydrogens is 374 g/mol. The Morgan fingerprint density at radius 3 is 2.69 bits per heavy atom. The van der Waals surface area contributed by atoms with Crippen LogP contribution >= 0.6 is 0 Å². The SMILES string of the molecule is CCCN(C(=O)c1nn(-c2ccccc2[N+](=O)[O-])c(C)cc1=O)C1CCNCC1. The van der Waals surface area contributed by atoms with Crippen LogP contribution in [0.5, 0.6) is 0 Å². The lowest BCUT2D eigenvalue weighted by Crippen LogP contribution is -2.48. The lowest BCUT2D eigenvalue weighted by molar-refractivity contribution is -0.384. The van der Waals surface area contributed by atoms with E-state index >= 15 is 0 Å². The summed E-state index contributed by atoms with van der Waals surface area (Å²) in [5.41, 5.74) is -0.190. The van der Waals surface area contributed by atoms with E-state index in [9.17, 15) is 19.7 Å². The van der Waals surface area contributed by atoms with Crippen LogP contribution in [0.15, 0.2) is 35.1 Å². The number of para-hydroxylation sites is 2. The van der Waals surface area contributed by atoms with E-state index < -0.39 is 16.3 Å². The number of carbonyl (C=O) groups is 1. The van der Waals surface area contributed by atoms with Gasteiger partial charge in [0.05, 0.1) is 4.92 Å². The van der Waals surface area contributed by atoms with E-state index in [0.29, 0.717) is 12.2 Å². The van der Waals surface area contributed by atoms with Gasteiger partial charge in [-0.05, 0) is 45.3 Å². The minimum atomic E-state index is -0.505. The first-order valence-electron chi connectivity index (χ1n) is 9.80. The molecule has 29 heavy (non-hydrogen) atoms. The van der Waals surface area contributed by atoms with Crippen LogP contribution in [0, 0.1) is 17.0 Å². The monoisotopic (exact) mass is 399 g/mol. The number of piperidine rings is 1. The van der Waals surface area contributed by atoms with E-state index in [4.69, 9.17) is 0 Å². The van der Waals surface area contributed by atoms with Gasteiger partial charge in [-0.25, -0.2) is 4.68 Å². The van der Waals surface area contributed by atoms with Crippen molar-refractivity contribution in [2.45, 2.75) is 39.2 Å². The van der Waals surface area contributed by atoms with Crippen molar-refractivity contribution in [1.29, 1.82) is 0 Å². The molecule has 2 heterocycles. The molecule has 1 aliphatic heterocycles. The Morgan fingerprint density at radius 2 is 2.03 bits per heavy atom. The Labute approximate surface area is 168 Å². The fourth-order valence-electron chi connectivity index (χ4n) is 3.68. The van der Waals surface area contributed by atoms with Crippen LogP contribution in [0.1, 0.15) is 42.4 Å². The first-order chi connectivity index (χ1) is 13.9. The molecule has 0 radical (unpaired) electrons. The van der Waals surface area contributed by atoms with Gasteiger partial charge in [0.15, 0.2) is 5.69 Å². The van der Waals surface area contributed by atoms with Crippen LogP contribution in [-0.4, -0.2) is 51.2 Å².